The number of carbonyl (C=O) groups is 2. The van der Waals surface area contributed by atoms with Crippen molar-refractivity contribution < 1.29 is 43.0 Å². The van der Waals surface area contributed by atoms with Crippen molar-refractivity contribution in [3.05, 3.63) is 0 Å². The molecule has 0 aromatic heterocycles. The van der Waals surface area contributed by atoms with Gasteiger partial charge in [0.05, 0.1) is 13.2 Å². The highest BCUT2D eigenvalue weighted by molar-refractivity contribution is 7.47. The maximum Gasteiger partial charge on any atom is 0.472 e. The van der Waals surface area contributed by atoms with E-state index in [1.807, 2.05) is 0 Å². The average Bonchev–Trinajstić information content (AvgIpc) is 2.72. The zero-order valence-corrected chi connectivity index (χ0v) is 19.5. The Hall–Kier alpha value is -1.03. The SMILES string of the molecule is CCCCCCCCCCCCCC(=O)OCC(O)COP(=O)(O)OCC(N)C(=O)O. The van der Waals surface area contributed by atoms with E-state index in [9.17, 15) is 24.2 Å². The molecule has 0 aromatic carbocycles. The predicted molar refractivity (Wildman–Crippen MR) is 115 cm³/mol. The summed E-state index contributed by atoms with van der Waals surface area (Å²) in [5.41, 5.74) is 5.14. The maximum absolute atomic E-state index is 11.7. The Bertz CT molecular complexity index is 533. The highest BCUT2D eigenvalue weighted by Crippen LogP contribution is 2.43. The van der Waals surface area contributed by atoms with Crippen LogP contribution in [0.25, 0.3) is 0 Å². The first kappa shape index (κ1) is 30.0. The molecule has 0 aliphatic carbocycles. The number of carboxylic acid groups (broad SMARTS) is 1. The standard InChI is InChI=1S/C20H40NO9P/c1-2-3-4-5-6-7-8-9-10-11-12-13-19(23)28-14-17(22)15-29-31(26,27)30-16-18(21)20(24)25/h17-18,22H,2-16,21H2,1H3,(H,24,25)(H,26,27). The van der Waals surface area contributed by atoms with E-state index in [1.165, 1.54) is 51.4 Å². The number of aliphatic hydroxyl groups excluding tert-OH is 1. The van der Waals surface area contributed by atoms with Crippen LogP contribution in [0, 0.1) is 0 Å². The van der Waals surface area contributed by atoms with Crippen LogP contribution in [0.3, 0.4) is 0 Å². The average molecular weight is 470 g/mol. The number of phosphoric ester groups is 1. The van der Waals surface area contributed by atoms with Crippen LogP contribution < -0.4 is 5.73 Å². The van der Waals surface area contributed by atoms with Crippen LogP contribution in [0.2, 0.25) is 0 Å². The summed E-state index contributed by atoms with van der Waals surface area (Å²) in [5, 5.41) is 18.3. The molecule has 10 nitrogen and oxygen atoms in total. The molecule has 0 heterocycles. The van der Waals surface area contributed by atoms with Crippen LogP contribution in [0.15, 0.2) is 0 Å². The number of aliphatic hydroxyl groups is 1. The molecule has 0 amide bonds. The fourth-order valence-electron chi connectivity index (χ4n) is 2.71. The number of phosphoric acid groups is 1. The largest absolute Gasteiger partial charge is 0.480 e. The fourth-order valence-corrected chi connectivity index (χ4v) is 3.49. The van der Waals surface area contributed by atoms with E-state index in [4.69, 9.17) is 15.6 Å². The summed E-state index contributed by atoms with van der Waals surface area (Å²) in [6.45, 7) is 0.476. The van der Waals surface area contributed by atoms with Crippen LogP contribution in [-0.2, 0) is 27.9 Å². The molecule has 0 saturated heterocycles. The number of nitrogens with two attached hydrogens (primary N) is 1. The highest BCUT2D eigenvalue weighted by Gasteiger charge is 2.26. The summed E-state index contributed by atoms with van der Waals surface area (Å²) in [6, 6.07) is -1.48. The molecule has 0 aromatic rings. The van der Waals surface area contributed by atoms with Gasteiger partial charge in [-0.25, -0.2) is 4.57 Å². The van der Waals surface area contributed by atoms with Crippen LogP contribution >= 0.6 is 7.82 Å². The molecule has 0 aliphatic rings. The molecule has 0 aliphatic heterocycles. The summed E-state index contributed by atoms with van der Waals surface area (Å²) < 4.78 is 25.4. The van der Waals surface area contributed by atoms with Crippen molar-refractivity contribution in [2.75, 3.05) is 19.8 Å². The summed E-state index contributed by atoms with van der Waals surface area (Å²) in [4.78, 5) is 31.6. The van der Waals surface area contributed by atoms with Crippen molar-refractivity contribution in [2.45, 2.75) is 96.1 Å². The Balaban J connectivity index is 3.66. The molecule has 5 N–H and O–H groups in total. The lowest BCUT2D eigenvalue weighted by Gasteiger charge is -2.16. The van der Waals surface area contributed by atoms with Crippen LogP contribution in [-0.4, -0.2) is 59.0 Å². The summed E-state index contributed by atoms with van der Waals surface area (Å²) in [6.07, 6.45) is 11.9. The number of hydrogen-bond acceptors (Lipinski definition) is 8. The second kappa shape index (κ2) is 18.5. The van der Waals surface area contributed by atoms with E-state index < -0.39 is 45.1 Å². The van der Waals surface area contributed by atoms with Crippen molar-refractivity contribution in [1.29, 1.82) is 0 Å². The quantitative estimate of drug-likeness (QED) is 0.111. The topological polar surface area (TPSA) is 166 Å². The lowest BCUT2D eigenvalue weighted by molar-refractivity contribution is -0.147. The van der Waals surface area contributed by atoms with Crippen LogP contribution in [0.5, 0.6) is 0 Å². The van der Waals surface area contributed by atoms with Gasteiger partial charge in [-0.1, -0.05) is 71.1 Å². The van der Waals surface area contributed by atoms with E-state index in [0.717, 1.165) is 12.8 Å². The summed E-state index contributed by atoms with van der Waals surface area (Å²) >= 11 is 0. The van der Waals surface area contributed by atoms with Gasteiger partial charge in [-0.05, 0) is 6.42 Å². The number of aliphatic carboxylic acids is 1. The molecule has 0 fully saturated rings. The molecule has 0 spiro atoms. The van der Waals surface area contributed by atoms with E-state index in [0.29, 0.717) is 6.42 Å². The van der Waals surface area contributed by atoms with E-state index >= 15 is 0 Å². The lowest BCUT2D eigenvalue weighted by Crippen LogP contribution is -2.34. The van der Waals surface area contributed by atoms with Gasteiger partial charge in [0.25, 0.3) is 0 Å². The van der Waals surface area contributed by atoms with Gasteiger partial charge < -0.3 is 25.6 Å². The molecule has 0 saturated carbocycles. The minimum Gasteiger partial charge on any atom is -0.480 e. The monoisotopic (exact) mass is 469 g/mol. The highest BCUT2D eigenvalue weighted by atomic mass is 31.2. The van der Waals surface area contributed by atoms with Gasteiger partial charge in [-0.15, -0.1) is 0 Å². The smallest absolute Gasteiger partial charge is 0.472 e. The second-order valence-electron chi connectivity index (χ2n) is 7.63. The van der Waals surface area contributed by atoms with Crippen molar-refractivity contribution >= 4 is 19.8 Å². The first-order chi connectivity index (χ1) is 14.7. The van der Waals surface area contributed by atoms with Gasteiger partial charge in [-0.2, -0.15) is 0 Å². The molecular formula is C20H40NO9P. The van der Waals surface area contributed by atoms with Crippen molar-refractivity contribution in [2.24, 2.45) is 5.73 Å². The van der Waals surface area contributed by atoms with Gasteiger partial charge in [0.15, 0.2) is 0 Å². The van der Waals surface area contributed by atoms with Gasteiger partial charge in [0, 0.05) is 6.42 Å². The molecule has 0 bridgehead atoms. The molecule has 31 heavy (non-hydrogen) atoms. The molecule has 0 rings (SSSR count). The van der Waals surface area contributed by atoms with Gasteiger partial charge >= 0.3 is 19.8 Å². The zero-order valence-electron chi connectivity index (χ0n) is 18.6. The zero-order chi connectivity index (χ0) is 23.5. The van der Waals surface area contributed by atoms with Crippen molar-refractivity contribution in [1.82, 2.24) is 0 Å². The minimum atomic E-state index is -4.57. The lowest BCUT2D eigenvalue weighted by atomic mass is 10.1. The van der Waals surface area contributed by atoms with Crippen molar-refractivity contribution in [3.63, 3.8) is 0 Å². The van der Waals surface area contributed by atoms with Gasteiger partial charge in [0.1, 0.15) is 18.8 Å². The Morgan fingerprint density at radius 1 is 0.871 bits per heavy atom. The molecule has 0 radical (unpaired) electrons. The third-order valence-corrected chi connectivity index (χ3v) is 5.54. The summed E-state index contributed by atoms with van der Waals surface area (Å²) in [7, 11) is -4.57. The molecular weight excluding hydrogens is 429 g/mol. The molecule has 11 heteroatoms. The Kier molecular flexibility index (Phi) is 17.9. The third kappa shape index (κ3) is 19.4. The van der Waals surface area contributed by atoms with Gasteiger partial charge in [-0.3, -0.25) is 18.6 Å². The van der Waals surface area contributed by atoms with Crippen molar-refractivity contribution in [3.8, 4) is 0 Å². The number of esters is 1. The molecule has 3 atom stereocenters. The van der Waals surface area contributed by atoms with Crippen LogP contribution in [0.4, 0.5) is 0 Å². The Labute approximate surface area is 185 Å². The van der Waals surface area contributed by atoms with E-state index in [1.54, 1.807) is 0 Å². The number of rotatable bonds is 21. The fraction of sp³-hybridized carbons (Fsp3) is 0.900. The van der Waals surface area contributed by atoms with E-state index in [2.05, 4.69) is 16.0 Å². The predicted octanol–water partition coefficient (Wildman–Crippen LogP) is 3.14. The molecule has 3 unspecified atom stereocenters. The minimum absolute atomic E-state index is 0.249. The normalized spacial score (nSPS) is 15.2. The number of carboxylic acids is 1. The van der Waals surface area contributed by atoms with Crippen LogP contribution in [0.1, 0.15) is 84.0 Å². The second-order valence-corrected chi connectivity index (χ2v) is 9.08. The number of hydrogen-bond donors (Lipinski definition) is 4. The molecule has 184 valence electrons. The maximum atomic E-state index is 11.7. The van der Waals surface area contributed by atoms with E-state index in [-0.39, 0.29) is 13.0 Å². The Morgan fingerprint density at radius 2 is 1.35 bits per heavy atom. The first-order valence-electron chi connectivity index (χ1n) is 11.1. The van der Waals surface area contributed by atoms with Gasteiger partial charge in [0.2, 0.25) is 0 Å². The number of ether oxygens (including phenoxy) is 1. The first-order valence-corrected chi connectivity index (χ1v) is 12.6. The Morgan fingerprint density at radius 3 is 1.87 bits per heavy atom. The number of carbonyl (C=O) groups excluding carboxylic acids is 1. The number of unbranched alkanes of at least 4 members (excludes halogenated alkanes) is 10. The summed E-state index contributed by atoms with van der Waals surface area (Å²) in [5.74, 6) is -1.85. The third-order valence-electron chi connectivity index (χ3n) is 4.59.